The predicted molar refractivity (Wildman–Crippen MR) is 115 cm³/mol. The molecule has 1 saturated heterocycles. The summed E-state index contributed by atoms with van der Waals surface area (Å²) in [5.74, 6) is 0.855. The van der Waals surface area contributed by atoms with Gasteiger partial charge in [-0.3, -0.25) is 0 Å². The molecule has 8 heteroatoms. The fourth-order valence-electron chi connectivity index (χ4n) is 3.97. The largest absolute Gasteiger partial charge is 0.493 e. The van der Waals surface area contributed by atoms with Gasteiger partial charge >= 0.3 is 5.97 Å². The zero-order chi connectivity index (χ0) is 22.0. The first-order chi connectivity index (χ1) is 14.9. The van der Waals surface area contributed by atoms with Crippen LogP contribution < -0.4 is 9.47 Å². The van der Waals surface area contributed by atoms with E-state index in [2.05, 4.69) is 0 Å². The summed E-state index contributed by atoms with van der Waals surface area (Å²) in [6.07, 6.45) is 2.62. The average Bonchev–Trinajstić information content (AvgIpc) is 3.41. The van der Waals surface area contributed by atoms with Gasteiger partial charge in [-0.05, 0) is 57.0 Å². The van der Waals surface area contributed by atoms with Gasteiger partial charge in [0.25, 0.3) is 0 Å². The molecular weight excluding hydrogens is 418 g/mol. The second-order valence-electron chi connectivity index (χ2n) is 7.85. The third-order valence-electron chi connectivity index (χ3n) is 5.51. The Hall–Kier alpha value is -2.58. The van der Waals surface area contributed by atoms with Crippen LogP contribution >= 0.6 is 0 Å². The van der Waals surface area contributed by atoms with E-state index in [9.17, 15) is 13.2 Å². The Balaban J connectivity index is 1.50. The smallest absolute Gasteiger partial charge is 0.338 e. The van der Waals surface area contributed by atoms with E-state index in [0.717, 1.165) is 30.6 Å². The van der Waals surface area contributed by atoms with Gasteiger partial charge in [0.1, 0.15) is 24.2 Å². The SMILES string of the molecule is CCOc1cc2c(cc1COC(=O)c1cccc(S(=O)(=O)N3CCCC3)c1)O[C@@H](C)C2. The molecule has 2 aromatic rings. The number of carbonyl (C=O) groups excluding carboxylic acids is 1. The van der Waals surface area contributed by atoms with Crippen LogP contribution in [-0.4, -0.2) is 44.5 Å². The lowest BCUT2D eigenvalue weighted by molar-refractivity contribution is 0.0469. The monoisotopic (exact) mass is 445 g/mol. The molecule has 0 radical (unpaired) electrons. The number of fused-ring (bicyclic) bond motifs is 1. The molecule has 0 bridgehead atoms. The van der Waals surface area contributed by atoms with E-state index in [1.807, 2.05) is 26.0 Å². The molecule has 31 heavy (non-hydrogen) atoms. The zero-order valence-electron chi connectivity index (χ0n) is 17.8. The van der Waals surface area contributed by atoms with Crippen molar-refractivity contribution in [1.29, 1.82) is 0 Å². The highest BCUT2D eigenvalue weighted by Crippen LogP contribution is 2.35. The van der Waals surface area contributed by atoms with Crippen molar-refractivity contribution in [3.8, 4) is 11.5 Å². The number of hydrogen-bond donors (Lipinski definition) is 0. The lowest BCUT2D eigenvalue weighted by Crippen LogP contribution is -2.28. The number of esters is 1. The quantitative estimate of drug-likeness (QED) is 0.606. The molecule has 0 spiro atoms. The van der Waals surface area contributed by atoms with Gasteiger partial charge < -0.3 is 14.2 Å². The van der Waals surface area contributed by atoms with Gasteiger partial charge in [0.05, 0.1) is 17.1 Å². The Morgan fingerprint density at radius 1 is 1.19 bits per heavy atom. The van der Waals surface area contributed by atoms with Crippen molar-refractivity contribution in [2.45, 2.75) is 50.7 Å². The van der Waals surface area contributed by atoms with Crippen LogP contribution in [-0.2, 0) is 27.8 Å². The normalized spacial score (nSPS) is 18.5. The van der Waals surface area contributed by atoms with E-state index in [1.54, 1.807) is 12.1 Å². The van der Waals surface area contributed by atoms with Gasteiger partial charge in [-0.15, -0.1) is 0 Å². The molecule has 7 nitrogen and oxygen atoms in total. The van der Waals surface area contributed by atoms with E-state index < -0.39 is 16.0 Å². The molecule has 2 aromatic carbocycles. The van der Waals surface area contributed by atoms with Crippen molar-refractivity contribution in [3.05, 3.63) is 53.1 Å². The van der Waals surface area contributed by atoms with Crippen molar-refractivity contribution in [2.24, 2.45) is 0 Å². The molecule has 2 aliphatic heterocycles. The van der Waals surface area contributed by atoms with Crippen molar-refractivity contribution < 1.29 is 27.4 Å². The molecule has 166 valence electrons. The van der Waals surface area contributed by atoms with Crippen molar-refractivity contribution in [3.63, 3.8) is 0 Å². The molecule has 0 aromatic heterocycles. The Labute approximate surface area is 183 Å². The summed E-state index contributed by atoms with van der Waals surface area (Å²) in [5, 5.41) is 0. The van der Waals surface area contributed by atoms with Gasteiger partial charge in [-0.25, -0.2) is 13.2 Å². The fourth-order valence-corrected chi connectivity index (χ4v) is 5.54. The number of rotatable bonds is 7. The molecule has 2 aliphatic rings. The first-order valence-corrected chi connectivity index (χ1v) is 12.0. The number of nitrogens with zero attached hydrogens (tertiary/aromatic N) is 1. The Bertz CT molecular complexity index is 1080. The summed E-state index contributed by atoms with van der Waals surface area (Å²) in [7, 11) is -3.60. The van der Waals surface area contributed by atoms with Crippen LogP contribution in [0.15, 0.2) is 41.3 Å². The molecule has 1 fully saturated rings. The van der Waals surface area contributed by atoms with Crippen LogP contribution in [0.5, 0.6) is 11.5 Å². The summed E-state index contributed by atoms with van der Waals surface area (Å²) in [4.78, 5) is 12.8. The molecule has 1 atom stereocenters. The number of carbonyl (C=O) groups is 1. The standard InChI is InChI=1S/C23H27NO6S/c1-3-28-21-13-18-11-16(2)30-22(18)14-19(21)15-29-23(25)17-7-6-8-20(12-17)31(26,27)24-9-4-5-10-24/h6-8,12-14,16H,3-5,9-11,15H2,1-2H3/t16-/m0/s1. The molecule has 0 saturated carbocycles. The minimum absolute atomic E-state index is 0.00227. The number of benzene rings is 2. The fraction of sp³-hybridized carbons (Fsp3) is 0.435. The third kappa shape index (κ3) is 4.55. The molecule has 0 amide bonds. The predicted octanol–water partition coefficient (Wildman–Crippen LogP) is 3.55. The maximum Gasteiger partial charge on any atom is 0.338 e. The third-order valence-corrected chi connectivity index (χ3v) is 7.40. The van der Waals surface area contributed by atoms with Crippen molar-refractivity contribution >= 4 is 16.0 Å². The van der Waals surface area contributed by atoms with Crippen LogP contribution in [0.1, 0.15) is 48.2 Å². The molecular formula is C23H27NO6S. The van der Waals surface area contributed by atoms with E-state index in [-0.39, 0.29) is 23.2 Å². The maximum atomic E-state index is 12.8. The first-order valence-electron chi connectivity index (χ1n) is 10.6. The molecule has 2 heterocycles. The number of hydrogen-bond acceptors (Lipinski definition) is 6. The second kappa shape index (κ2) is 8.88. The Morgan fingerprint density at radius 2 is 1.97 bits per heavy atom. The van der Waals surface area contributed by atoms with Crippen molar-refractivity contribution in [1.82, 2.24) is 4.31 Å². The molecule has 0 N–H and O–H groups in total. The number of ether oxygens (including phenoxy) is 3. The highest BCUT2D eigenvalue weighted by molar-refractivity contribution is 7.89. The van der Waals surface area contributed by atoms with Crippen LogP contribution in [0.4, 0.5) is 0 Å². The van der Waals surface area contributed by atoms with Gasteiger partial charge in [0, 0.05) is 30.6 Å². The second-order valence-corrected chi connectivity index (χ2v) is 9.79. The highest BCUT2D eigenvalue weighted by atomic mass is 32.2. The van der Waals surface area contributed by atoms with Crippen LogP contribution in [0.3, 0.4) is 0 Å². The van der Waals surface area contributed by atoms with Crippen molar-refractivity contribution in [2.75, 3.05) is 19.7 Å². The highest BCUT2D eigenvalue weighted by Gasteiger charge is 2.28. The van der Waals surface area contributed by atoms with Crippen LogP contribution in [0.25, 0.3) is 0 Å². The van der Waals surface area contributed by atoms with E-state index in [1.165, 1.54) is 16.4 Å². The number of sulfonamides is 1. The lowest BCUT2D eigenvalue weighted by Gasteiger charge is -2.16. The summed E-state index contributed by atoms with van der Waals surface area (Å²) in [6, 6.07) is 9.81. The van der Waals surface area contributed by atoms with Gasteiger partial charge in [-0.1, -0.05) is 6.07 Å². The molecule has 0 aliphatic carbocycles. The van der Waals surface area contributed by atoms with Crippen LogP contribution in [0, 0.1) is 0 Å². The summed E-state index contributed by atoms with van der Waals surface area (Å²) in [5.41, 5.74) is 1.99. The van der Waals surface area contributed by atoms with Gasteiger partial charge in [0.15, 0.2) is 0 Å². The lowest BCUT2D eigenvalue weighted by atomic mass is 10.1. The topological polar surface area (TPSA) is 82.1 Å². The van der Waals surface area contributed by atoms with E-state index in [4.69, 9.17) is 14.2 Å². The van der Waals surface area contributed by atoms with Gasteiger partial charge in [-0.2, -0.15) is 4.31 Å². The molecule has 0 unspecified atom stereocenters. The minimum Gasteiger partial charge on any atom is -0.493 e. The Morgan fingerprint density at radius 3 is 2.71 bits per heavy atom. The Kier molecular flexibility index (Phi) is 6.20. The maximum absolute atomic E-state index is 12.8. The van der Waals surface area contributed by atoms with E-state index >= 15 is 0 Å². The molecule has 4 rings (SSSR count). The summed E-state index contributed by atoms with van der Waals surface area (Å²) in [6.45, 7) is 5.42. The van der Waals surface area contributed by atoms with Gasteiger partial charge in [0.2, 0.25) is 10.0 Å². The summed E-state index contributed by atoms with van der Waals surface area (Å²) < 4.78 is 44.1. The minimum atomic E-state index is -3.60. The van der Waals surface area contributed by atoms with Crippen LogP contribution in [0.2, 0.25) is 0 Å². The summed E-state index contributed by atoms with van der Waals surface area (Å²) >= 11 is 0. The van der Waals surface area contributed by atoms with E-state index in [0.29, 0.717) is 31.0 Å². The first kappa shape index (κ1) is 21.6. The zero-order valence-corrected chi connectivity index (χ0v) is 18.6. The average molecular weight is 446 g/mol.